The molecule has 1 aliphatic heterocycles. The van der Waals surface area contributed by atoms with Crippen molar-refractivity contribution in [3.63, 3.8) is 0 Å². The van der Waals surface area contributed by atoms with Crippen LogP contribution in [-0.2, 0) is 6.42 Å². The normalized spacial score (nSPS) is 25.9. The van der Waals surface area contributed by atoms with Gasteiger partial charge >= 0.3 is 0 Å². The first-order valence-electron chi connectivity index (χ1n) is 6.35. The maximum Gasteiger partial charge on any atom is 0.0320 e. The molecule has 1 fully saturated rings. The number of likely N-dealkylation sites (N-methyl/N-ethyl adjacent to an activating group) is 1. The third-order valence-corrected chi connectivity index (χ3v) is 7.09. The second kappa shape index (κ2) is 7.22. The van der Waals surface area contributed by atoms with Gasteiger partial charge in [0.15, 0.2) is 0 Å². The van der Waals surface area contributed by atoms with Crippen molar-refractivity contribution in [1.82, 2.24) is 5.32 Å². The van der Waals surface area contributed by atoms with Gasteiger partial charge in [-0.1, -0.05) is 35.0 Å². The van der Waals surface area contributed by atoms with Crippen LogP contribution < -0.4 is 5.32 Å². The number of benzene rings is 1. The van der Waals surface area contributed by atoms with E-state index in [0.29, 0.717) is 11.3 Å². The van der Waals surface area contributed by atoms with Crippen molar-refractivity contribution in [2.75, 3.05) is 18.6 Å². The standard InChI is InChI=1S/C14H20BrNS2/c1-10-14(18-7-6-17-10)13(16-2)9-11-4-3-5-12(15)8-11/h3-5,8,10,13-14,16H,6-7,9H2,1-2H3. The quantitative estimate of drug-likeness (QED) is 0.890. The van der Waals surface area contributed by atoms with Gasteiger partial charge in [0.05, 0.1) is 0 Å². The lowest BCUT2D eigenvalue weighted by Crippen LogP contribution is -2.44. The minimum Gasteiger partial charge on any atom is -0.316 e. The van der Waals surface area contributed by atoms with Crippen LogP contribution in [0.2, 0.25) is 0 Å². The summed E-state index contributed by atoms with van der Waals surface area (Å²) in [6.07, 6.45) is 1.11. The highest BCUT2D eigenvalue weighted by Gasteiger charge is 2.29. The van der Waals surface area contributed by atoms with Gasteiger partial charge in [-0.2, -0.15) is 23.5 Å². The zero-order valence-electron chi connectivity index (χ0n) is 10.9. The molecule has 1 saturated heterocycles. The van der Waals surface area contributed by atoms with Gasteiger partial charge in [0.2, 0.25) is 0 Å². The Morgan fingerprint density at radius 1 is 1.39 bits per heavy atom. The minimum absolute atomic E-state index is 0.562. The predicted octanol–water partition coefficient (Wildman–Crippen LogP) is 3.82. The Hall–Kier alpha value is 0.360. The summed E-state index contributed by atoms with van der Waals surface area (Å²) in [4.78, 5) is 0. The second-order valence-electron chi connectivity index (χ2n) is 4.64. The lowest BCUT2D eigenvalue weighted by Gasteiger charge is -2.34. The van der Waals surface area contributed by atoms with Gasteiger partial charge in [0, 0.05) is 32.5 Å². The summed E-state index contributed by atoms with van der Waals surface area (Å²) in [6, 6.07) is 9.23. The highest BCUT2D eigenvalue weighted by Crippen LogP contribution is 2.34. The van der Waals surface area contributed by atoms with Crippen molar-refractivity contribution in [1.29, 1.82) is 0 Å². The summed E-state index contributed by atoms with van der Waals surface area (Å²) in [5, 5.41) is 4.98. The molecular weight excluding hydrogens is 326 g/mol. The molecule has 1 nitrogen and oxygen atoms in total. The number of hydrogen-bond donors (Lipinski definition) is 1. The Morgan fingerprint density at radius 2 is 2.17 bits per heavy atom. The highest BCUT2D eigenvalue weighted by atomic mass is 79.9. The van der Waals surface area contributed by atoms with Gasteiger partial charge in [0.25, 0.3) is 0 Å². The molecule has 0 amide bonds. The molecule has 2 rings (SSSR count). The number of thioether (sulfide) groups is 2. The Morgan fingerprint density at radius 3 is 2.83 bits per heavy atom. The van der Waals surface area contributed by atoms with Crippen LogP contribution in [0.4, 0.5) is 0 Å². The Bertz CT molecular complexity index is 386. The maximum atomic E-state index is 3.55. The number of rotatable bonds is 4. The molecule has 0 aliphatic carbocycles. The molecule has 0 radical (unpaired) electrons. The summed E-state index contributed by atoms with van der Waals surface area (Å²) in [5.74, 6) is 2.59. The van der Waals surface area contributed by atoms with E-state index in [1.54, 1.807) is 0 Å². The monoisotopic (exact) mass is 345 g/mol. The SMILES string of the molecule is CNC(Cc1cccc(Br)c1)C1SCCSC1C. The highest BCUT2D eigenvalue weighted by molar-refractivity contribution is 9.10. The fourth-order valence-electron chi connectivity index (χ4n) is 2.39. The number of nitrogens with one attached hydrogen (secondary N) is 1. The van der Waals surface area contributed by atoms with Crippen LogP contribution in [-0.4, -0.2) is 35.1 Å². The van der Waals surface area contributed by atoms with E-state index in [4.69, 9.17) is 0 Å². The number of hydrogen-bond acceptors (Lipinski definition) is 3. The molecular formula is C14H20BrNS2. The van der Waals surface area contributed by atoms with Crippen molar-refractivity contribution in [3.8, 4) is 0 Å². The summed E-state index contributed by atoms with van der Waals surface area (Å²) < 4.78 is 1.17. The summed E-state index contributed by atoms with van der Waals surface area (Å²) in [6.45, 7) is 2.37. The zero-order valence-corrected chi connectivity index (χ0v) is 14.1. The van der Waals surface area contributed by atoms with Gasteiger partial charge in [-0.25, -0.2) is 0 Å². The first-order chi connectivity index (χ1) is 8.70. The molecule has 0 bridgehead atoms. The van der Waals surface area contributed by atoms with Crippen LogP contribution >= 0.6 is 39.5 Å². The average molecular weight is 346 g/mol. The van der Waals surface area contributed by atoms with Crippen LogP contribution in [0.15, 0.2) is 28.7 Å². The minimum atomic E-state index is 0.562. The van der Waals surface area contributed by atoms with Crippen LogP contribution in [0.3, 0.4) is 0 Å². The van der Waals surface area contributed by atoms with E-state index >= 15 is 0 Å². The van der Waals surface area contributed by atoms with E-state index in [1.165, 1.54) is 21.5 Å². The molecule has 1 aromatic carbocycles. The van der Waals surface area contributed by atoms with Crippen molar-refractivity contribution in [3.05, 3.63) is 34.3 Å². The van der Waals surface area contributed by atoms with Crippen molar-refractivity contribution in [2.45, 2.75) is 29.9 Å². The Balaban J connectivity index is 2.04. The van der Waals surface area contributed by atoms with Gasteiger partial charge in [0.1, 0.15) is 0 Å². The van der Waals surface area contributed by atoms with E-state index in [2.05, 4.69) is 83.0 Å². The van der Waals surface area contributed by atoms with Crippen molar-refractivity contribution >= 4 is 39.5 Å². The van der Waals surface area contributed by atoms with Crippen LogP contribution in [0.5, 0.6) is 0 Å². The van der Waals surface area contributed by atoms with Crippen LogP contribution in [0.1, 0.15) is 12.5 Å². The third kappa shape index (κ3) is 3.92. The first-order valence-corrected chi connectivity index (χ1v) is 9.24. The Kier molecular flexibility index (Phi) is 5.93. The molecule has 0 aromatic heterocycles. The summed E-state index contributed by atoms with van der Waals surface area (Å²) in [7, 11) is 2.09. The van der Waals surface area contributed by atoms with E-state index in [9.17, 15) is 0 Å². The molecule has 1 aliphatic rings. The maximum absolute atomic E-state index is 3.55. The van der Waals surface area contributed by atoms with E-state index in [0.717, 1.165) is 11.7 Å². The number of halogens is 1. The Labute approximate surface area is 127 Å². The van der Waals surface area contributed by atoms with Crippen LogP contribution in [0.25, 0.3) is 0 Å². The molecule has 4 heteroatoms. The van der Waals surface area contributed by atoms with Gasteiger partial charge in [-0.3, -0.25) is 0 Å². The zero-order chi connectivity index (χ0) is 13.0. The predicted molar refractivity (Wildman–Crippen MR) is 88.9 cm³/mol. The average Bonchev–Trinajstić information content (AvgIpc) is 2.37. The summed E-state index contributed by atoms with van der Waals surface area (Å²) in [5.41, 5.74) is 1.41. The molecule has 18 heavy (non-hydrogen) atoms. The van der Waals surface area contributed by atoms with E-state index in [-0.39, 0.29) is 0 Å². The molecule has 0 spiro atoms. The first kappa shape index (κ1) is 14.8. The molecule has 1 N–H and O–H groups in total. The second-order valence-corrected chi connectivity index (χ2v) is 8.33. The molecule has 3 unspecified atom stereocenters. The fraction of sp³-hybridized carbons (Fsp3) is 0.571. The molecule has 100 valence electrons. The topological polar surface area (TPSA) is 12.0 Å². The molecule has 3 atom stereocenters. The van der Waals surface area contributed by atoms with Gasteiger partial charge < -0.3 is 5.32 Å². The third-order valence-electron chi connectivity index (χ3n) is 3.35. The fourth-order valence-corrected chi connectivity index (χ4v) is 5.84. The smallest absolute Gasteiger partial charge is 0.0320 e. The molecule has 1 heterocycles. The van der Waals surface area contributed by atoms with Crippen molar-refractivity contribution < 1.29 is 0 Å². The van der Waals surface area contributed by atoms with Crippen molar-refractivity contribution in [2.24, 2.45) is 0 Å². The molecule has 1 aromatic rings. The lowest BCUT2D eigenvalue weighted by molar-refractivity contribution is 0.531. The van der Waals surface area contributed by atoms with E-state index in [1.807, 2.05) is 0 Å². The van der Waals surface area contributed by atoms with Crippen LogP contribution in [0, 0.1) is 0 Å². The molecule has 0 saturated carbocycles. The van der Waals surface area contributed by atoms with Gasteiger partial charge in [-0.05, 0) is 31.2 Å². The van der Waals surface area contributed by atoms with E-state index < -0.39 is 0 Å². The lowest BCUT2D eigenvalue weighted by atomic mass is 10.0. The summed E-state index contributed by atoms with van der Waals surface area (Å²) >= 11 is 7.80. The largest absolute Gasteiger partial charge is 0.316 e. The van der Waals surface area contributed by atoms with Gasteiger partial charge in [-0.15, -0.1) is 0 Å².